The van der Waals surface area contributed by atoms with Gasteiger partial charge in [-0.2, -0.15) is 10.2 Å². The van der Waals surface area contributed by atoms with E-state index in [-0.39, 0.29) is 17.9 Å². The minimum Gasteiger partial charge on any atom is -0.350 e. The smallest absolute Gasteiger partial charge is 0.224 e. The summed E-state index contributed by atoms with van der Waals surface area (Å²) in [6.07, 6.45) is 5.69. The molecule has 1 fully saturated rings. The molecular formula is C12H18N4O. The summed E-state index contributed by atoms with van der Waals surface area (Å²) in [4.78, 5) is 11.9. The highest BCUT2D eigenvalue weighted by molar-refractivity contribution is 5.79. The Morgan fingerprint density at radius 2 is 2.29 bits per heavy atom. The van der Waals surface area contributed by atoms with Crippen molar-refractivity contribution in [1.29, 1.82) is 0 Å². The molecule has 92 valence electrons. The van der Waals surface area contributed by atoms with Gasteiger partial charge in [0, 0.05) is 12.2 Å². The lowest BCUT2D eigenvalue weighted by atomic mass is 9.84. The third-order valence-corrected chi connectivity index (χ3v) is 3.23. The molecule has 5 nitrogen and oxygen atoms in total. The van der Waals surface area contributed by atoms with Crippen LogP contribution in [0, 0.1) is 5.92 Å². The van der Waals surface area contributed by atoms with Gasteiger partial charge in [-0.05, 0) is 25.0 Å². The first-order valence-corrected chi connectivity index (χ1v) is 6.07. The van der Waals surface area contributed by atoms with E-state index in [9.17, 15) is 4.79 Å². The molecule has 2 unspecified atom stereocenters. The number of carbonyl (C=O) groups is 1. The minimum absolute atomic E-state index is 0.00519. The Kier molecular flexibility index (Phi) is 4.03. The Bertz CT molecular complexity index is 368. The highest BCUT2D eigenvalue weighted by Gasteiger charge is 2.27. The van der Waals surface area contributed by atoms with Crippen LogP contribution >= 0.6 is 0 Å². The van der Waals surface area contributed by atoms with Gasteiger partial charge in [-0.15, -0.1) is 0 Å². The molecule has 1 saturated carbocycles. The van der Waals surface area contributed by atoms with Crippen LogP contribution in [0.5, 0.6) is 0 Å². The zero-order chi connectivity index (χ0) is 12.1. The number of nitrogens with two attached hydrogens (primary N) is 1. The molecule has 0 aromatic carbocycles. The van der Waals surface area contributed by atoms with Crippen molar-refractivity contribution in [2.24, 2.45) is 11.7 Å². The molecule has 0 bridgehead atoms. The van der Waals surface area contributed by atoms with Crippen molar-refractivity contribution in [3.05, 3.63) is 24.0 Å². The van der Waals surface area contributed by atoms with Crippen molar-refractivity contribution in [3.63, 3.8) is 0 Å². The van der Waals surface area contributed by atoms with E-state index in [2.05, 4.69) is 15.5 Å². The summed E-state index contributed by atoms with van der Waals surface area (Å²) >= 11 is 0. The van der Waals surface area contributed by atoms with E-state index in [1.807, 2.05) is 6.07 Å². The predicted octanol–water partition coefficient (Wildman–Crippen LogP) is 0.610. The fourth-order valence-electron chi connectivity index (χ4n) is 2.22. The fraction of sp³-hybridized carbons (Fsp3) is 0.583. The number of nitrogens with zero attached hydrogens (tertiary/aromatic N) is 2. The van der Waals surface area contributed by atoms with Crippen LogP contribution in [-0.4, -0.2) is 22.1 Å². The Balaban J connectivity index is 1.84. The molecule has 1 aromatic heterocycles. The Labute approximate surface area is 101 Å². The number of hydrogen-bond acceptors (Lipinski definition) is 4. The summed E-state index contributed by atoms with van der Waals surface area (Å²) in [6.45, 7) is 0.426. The molecule has 0 aliphatic heterocycles. The van der Waals surface area contributed by atoms with Gasteiger partial charge in [0.1, 0.15) is 0 Å². The monoisotopic (exact) mass is 234 g/mol. The van der Waals surface area contributed by atoms with Crippen LogP contribution in [0.2, 0.25) is 0 Å². The molecule has 0 radical (unpaired) electrons. The average Bonchev–Trinajstić information content (AvgIpc) is 2.38. The van der Waals surface area contributed by atoms with Crippen molar-refractivity contribution < 1.29 is 4.79 Å². The molecular weight excluding hydrogens is 216 g/mol. The van der Waals surface area contributed by atoms with Crippen LogP contribution in [-0.2, 0) is 11.3 Å². The maximum absolute atomic E-state index is 11.9. The number of amides is 1. The third kappa shape index (κ3) is 3.23. The summed E-state index contributed by atoms with van der Waals surface area (Å²) in [5.41, 5.74) is 6.73. The largest absolute Gasteiger partial charge is 0.350 e. The van der Waals surface area contributed by atoms with Crippen LogP contribution < -0.4 is 11.1 Å². The maximum atomic E-state index is 11.9. The second-order valence-electron chi connectivity index (χ2n) is 4.49. The summed E-state index contributed by atoms with van der Waals surface area (Å²) in [7, 11) is 0. The van der Waals surface area contributed by atoms with Crippen molar-refractivity contribution in [3.8, 4) is 0 Å². The van der Waals surface area contributed by atoms with Gasteiger partial charge in [0.2, 0.25) is 5.91 Å². The molecule has 5 heteroatoms. The summed E-state index contributed by atoms with van der Waals surface area (Å²) < 4.78 is 0. The number of nitrogens with one attached hydrogen (secondary N) is 1. The van der Waals surface area contributed by atoms with Crippen LogP contribution in [0.1, 0.15) is 31.4 Å². The first-order valence-electron chi connectivity index (χ1n) is 6.07. The minimum atomic E-state index is -0.0413. The fourth-order valence-corrected chi connectivity index (χ4v) is 2.22. The lowest BCUT2D eigenvalue weighted by molar-refractivity contribution is -0.126. The van der Waals surface area contributed by atoms with E-state index in [0.717, 1.165) is 31.4 Å². The average molecular weight is 234 g/mol. The van der Waals surface area contributed by atoms with E-state index < -0.39 is 0 Å². The summed E-state index contributed by atoms with van der Waals surface area (Å²) in [6, 6.07) is 3.65. The molecule has 1 heterocycles. The number of hydrogen-bond donors (Lipinski definition) is 2. The topological polar surface area (TPSA) is 80.9 Å². The Morgan fingerprint density at radius 1 is 1.47 bits per heavy atom. The number of carbonyl (C=O) groups excluding carboxylic acids is 1. The molecule has 1 aromatic rings. The van der Waals surface area contributed by atoms with Crippen molar-refractivity contribution in [2.45, 2.75) is 38.3 Å². The molecule has 1 aliphatic rings. The number of aromatic nitrogens is 2. The van der Waals surface area contributed by atoms with Crippen LogP contribution in [0.15, 0.2) is 18.3 Å². The van der Waals surface area contributed by atoms with Gasteiger partial charge in [-0.25, -0.2) is 0 Å². The van der Waals surface area contributed by atoms with Gasteiger partial charge in [-0.1, -0.05) is 12.8 Å². The normalized spacial score (nSPS) is 24.3. The highest BCUT2D eigenvalue weighted by atomic mass is 16.1. The van der Waals surface area contributed by atoms with Gasteiger partial charge in [0.25, 0.3) is 0 Å². The quantitative estimate of drug-likeness (QED) is 0.803. The van der Waals surface area contributed by atoms with Crippen molar-refractivity contribution in [1.82, 2.24) is 15.5 Å². The molecule has 2 atom stereocenters. The molecule has 0 saturated heterocycles. The lowest BCUT2D eigenvalue weighted by Crippen LogP contribution is -2.43. The first-order chi connectivity index (χ1) is 8.27. The van der Waals surface area contributed by atoms with Crippen LogP contribution in [0.3, 0.4) is 0 Å². The maximum Gasteiger partial charge on any atom is 0.224 e. The second-order valence-corrected chi connectivity index (χ2v) is 4.49. The van der Waals surface area contributed by atoms with E-state index in [1.165, 1.54) is 0 Å². The molecule has 3 N–H and O–H groups in total. The zero-order valence-electron chi connectivity index (χ0n) is 9.80. The molecule has 0 spiro atoms. The van der Waals surface area contributed by atoms with Gasteiger partial charge in [-0.3, -0.25) is 4.79 Å². The summed E-state index contributed by atoms with van der Waals surface area (Å²) in [5, 5.41) is 10.6. The van der Waals surface area contributed by atoms with Crippen molar-refractivity contribution >= 4 is 5.91 Å². The number of rotatable bonds is 3. The lowest BCUT2D eigenvalue weighted by Gasteiger charge is -2.27. The molecule has 1 aliphatic carbocycles. The van der Waals surface area contributed by atoms with E-state index in [1.54, 1.807) is 12.3 Å². The third-order valence-electron chi connectivity index (χ3n) is 3.23. The Morgan fingerprint density at radius 3 is 3.00 bits per heavy atom. The molecule has 1 amide bonds. The standard InChI is InChI=1S/C12H18N4O/c13-11-6-2-1-5-10(11)12(17)14-8-9-4-3-7-15-16-9/h3-4,7,10-11H,1-2,5-6,8,13H2,(H,14,17). The van der Waals surface area contributed by atoms with E-state index in [0.29, 0.717) is 6.54 Å². The molecule has 17 heavy (non-hydrogen) atoms. The van der Waals surface area contributed by atoms with Crippen molar-refractivity contribution in [2.75, 3.05) is 0 Å². The second kappa shape index (κ2) is 5.72. The van der Waals surface area contributed by atoms with Gasteiger partial charge in [0.05, 0.1) is 18.2 Å². The summed E-state index contributed by atoms with van der Waals surface area (Å²) in [5.74, 6) is 0.00303. The van der Waals surface area contributed by atoms with E-state index >= 15 is 0 Å². The van der Waals surface area contributed by atoms with Gasteiger partial charge < -0.3 is 11.1 Å². The van der Waals surface area contributed by atoms with Gasteiger partial charge in [0.15, 0.2) is 0 Å². The van der Waals surface area contributed by atoms with Crippen LogP contribution in [0.25, 0.3) is 0 Å². The SMILES string of the molecule is NC1CCCCC1C(=O)NCc1cccnn1. The van der Waals surface area contributed by atoms with E-state index in [4.69, 9.17) is 5.73 Å². The highest BCUT2D eigenvalue weighted by Crippen LogP contribution is 2.22. The predicted molar refractivity (Wildman–Crippen MR) is 63.8 cm³/mol. The first kappa shape index (κ1) is 12.0. The zero-order valence-corrected chi connectivity index (χ0v) is 9.80. The van der Waals surface area contributed by atoms with Gasteiger partial charge >= 0.3 is 0 Å². The Hall–Kier alpha value is -1.49. The van der Waals surface area contributed by atoms with Crippen LogP contribution in [0.4, 0.5) is 0 Å². The molecule has 2 rings (SSSR count).